The SMILES string of the molecule is CCC1CCC(N2CCC(NCC3CC3)CC2)C1. The van der Waals surface area contributed by atoms with Crippen LogP contribution in [0.4, 0.5) is 0 Å². The standard InChI is InChI=1S/C16H30N2/c1-2-13-5-6-16(11-13)18-9-7-15(8-10-18)17-12-14-3-4-14/h13-17H,2-12H2,1H3. The second-order valence-corrected chi connectivity index (χ2v) is 6.90. The first kappa shape index (κ1) is 12.9. The molecular weight excluding hydrogens is 220 g/mol. The van der Waals surface area contributed by atoms with Crippen LogP contribution in [0.2, 0.25) is 0 Å². The summed E-state index contributed by atoms with van der Waals surface area (Å²) in [4.78, 5) is 2.80. The smallest absolute Gasteiger partial charge is 0.00980 e. The zero-order valence-electron chi connectivity index (χ0n) is 12.0. The Morgan fingerprint density at radius 2 is 1.67 bits per heavy atom. The summed E-state index contributed by atoms with van der Waals surface area (Å²) in [6.07, 6.45) is 11.6. The minimum absolute atomic E-state index is 0.824. The van der Waals surface area contributed by atoms with E-state index < -0.39 is 0 Å². The molecule has 18 heavy (non-hydrogen) atoms. The van der Waals surface area contributed by atoms with Crippen molar-refractivity contribution in [3.8, 4) is 0 Å². The molecule has 104 valence electrons. The van der Waals surface area contributed by atoms with E-state index in [0.717, 1.165) is 23.9 Å². The predicted molar refractivity (Wildman–Crippen MR) is 76.7 cm³/mol. The summed E-state index contributed by atoms with van der Waals surface area (Å²) >= 11 is 0. The molecule has 3 fully saturated rings. The van der Waals surface area contributed by atoms with Gasteiger partial charge in [0.05, 0.1) is 0 Å². The summed E-state index contributed by atoms with van der Waals surface area (Å²) in [7, 11) is 0. The molecular formula is C16H30N2. The Morgan fingerprint density at radius 1 is 0.944 bits per heavy atom. The highest BCUT2D eigenvalue weighted by Crippen LogP contribution is 2.33. The van der Waals surface area contributed by atoms with Gasteiger partial charge in [-0.05, 0) is 76.4 Å². The van der Waals surface area contributed by atoms with Crippen LogP contribution in [0.5, 0.6) is 0 Å². The average molecular weight is 250 g/mol. The summed E-state index contributed by atoms with van der Waals surface area (Å²) in [6, 6.07) is 1.75. The lowest BCUT2D eigenvalue weighted by Crippen LogP contribution is -2.46. The quantitative estimate of drug-likeness (QED) is 0.807. The lowest BCUT2D eigenvalue weighted by atomic mass is 10.0. The monoisotopic (exact) mass is 250 g/mol. The van der Waals surface area contributed by atoms with Gasteiger partial charge in [-0.3, -0.25) is 0 Å². The molecule has 2 heteroatoms. The van der Waals surface area contributed by atoms with E-state index in [1.165, 1.54) is 71.0 Å². The predicted octanol–water partition coefficient (Wildman–Crippen LogP) is 3.03. The molecule has 0 aromatic rings. The van der Waals surface area contributed by atoms with Crippen LogP contribution in [-0.2, 0) is 0 Å². The van der Waals surface area contributed by atoms with Gasteiger partial charge in [-0.25, -0.2) is 0 Å². The van der Waals surface area contributed by atoms with Crippen LogP contribution in [0.15, 0.2) is 0 Å². The third kappa shape index (κ3) is 3.27. The van der Waals surface area contributed by atoms with E-state index in [0.29, 0.717) is 0 Å². The maximum atomic E-state index is 3.79. The zero-order valence-corrected chi connectivity index (χ0v) is 12.0. The van der Waals surface area contributed by atoms with Gasteiger partial charge in [0.15, 0.2) is 0 Å². The van der Waals surface area contributed by atoms with Crippen molar-refractivity contribution in [1.82, 2.24) is 10.2 Å². The normalized spacial score (nSPS) is 35.2. The van der Waals surface area contributed by atoms with E-state index >= 15 is 0 Å². The van der Waals surface area contributed by atoms with Gasteiger partial charge in [0, 0.05) is 12.1 Å². The number of hydrogen-bond acceptors (Lipinski definition) is 2. The molecule has 2 saturated carbocycles. The number of hydrogen-bond donors (Lipinski definition) is 1. The molecule has 1 saturated heterocycles. The number of likely N-dealkylation sites (tertiary alicyclic amines) is 1. The minimum atomic E-state index is 0.824. The molecule has 2 nitrogen and oxygen atoms in total. The van der Waals surface area contributed by atoms with Crippen molar-refractivity contribution in [2.45, 2.75) is 70.4 Å². The maximum Gasteiger partial charge on any atom is 0.00980 e. The van der Waals surface area contributed by atoms with Crippen LogP contribution in [0.25, 0.3) is 0 Å². The average Bonchev–Trinajstić information content (AvgIpc) is 3.12. The molecule has 0 radical (unpaired) electrons. The lowest BCUT2D eigenvalue weighted by molar-refractivity contribution is 0.142. The first-order valence-corrected chi connectivity index (χ1v) is 8.32. The van der Waals surface area contributed by atoms with Gasteiger partial charge >= 0.3 is 0 Å². The van der Waals surface area contributed by atoms with Gasteiger partial charge in [-0.15, -0.1) is 0 Å². The highest BCUT2D eigenvalue weighted by molar-refractivity contribution is 4.87. The minimum Gasteiger partial charge on any atom is -0.314 e. The van der Waals surface area contributed by atoms with E-state index in [9.17, 15) is 0 Å². The number of rotatable bonds is 5. The largest absolute Gasteiger partial charge is 0.314 e. The Labute approximate surface area is 113 Å². The number of piperidine rings is 1. The van der Waals surface area contributed by atoms with Crippen molar-refractivity contribution >= 4 is 0 Å². The third-order valence-corrected chi connectivity index (χ3v) is 5.53. The second kappa shape index (κ2) is 5.92. The molecule has 3 rings (SSSR count). The third-order valence-electron chi connectivity index (χ3n) is 5.53. The van der Waals surface area contributed by atoms with Gasteiger partial charge in [-0.2, -0.15) is 0 Å². The van der Waals surface area contributed by atoms with Gasteiger partial charge in [0.1, 0.15) is 0 Å². The molecule has 2 unspecified atom stereocenters. The Bertz CT molecular complexity index is 254. The van der Waals surface area contributed by atoms with E-state index in [4.69, 9.17) is 0 Å². The fraction of sp³-hybridized carbons (Fsp3) is 1.00. The first-order chi connectivity index (χ1) is 8.85. The fourth-order valence-corrected chi connectivity index (χ4v) is 3.88. The maximum absolute atomic E-state index is 3.79. The van der Waals surface area contributed by atoms with Crippen LogP contribution in [0, 0.1) is 11.8 Å². The molecule has 0 spiro atoms. The lowest BCUT2D eigenvalue weighted by Gasteiger charge is -2.36. The van der Waals surface area contributed by atoms with E-state index in [2.05, 4.69) is 17.1 Å². The first-order valence-electron chi connectivity index (χ1n) is 8.32. The summed E-state index contributed by atoms with van der Waals surface area (Å²) < 4.78 is 0. The highest BCUT2D eigenvalue weighted by atomic mass is 15.2. The van der Waals surface area contributed by atoms with Crippen molar-refractivity contribution in [1.29, 1.82) is 0 Å². The van der Waals surface area contributed by atoms with E-state index in [1.54, 1.807) is 0 Å². The Hall–Kier alpha value is -0.0800. The Balaban J connectivity index is 1.37. The van der Waals surface area contributed by atoms with Crippen LogP contribution in [-0.4, -0.2) is 36.6 Å². The van der Waals surface area contributed by atoms with Crippen molar-refractivity contribution < 1.29 is 0 Å². The van der Waals surface area contributed by atoms with Crippen molar-refractivity contribution in [3.63, 3.8) is 0 Å². The molecule has 0 aromatic heterocycles. The molecule has 0 amide bonds. The van der Waals surface area contributed by atoms with Gasteiger partial charge < -0.3 is 10.2 Å². The van der Waals surface area contributed by atoms with Gasteiger partial charge in [-0.1, -0.05) is 13.3 Å². The Kier molecular flexibility index (Phi) is 4.25. The molecule has 1 heterocycles. The summed E-state index contributed by atoms with van der Waals surface area (Å²) in [6.45, 7) is 6.36. The van der Waals surface area contributed by atoms with Crippen molar-refractivity contribution in [2.75, 3.05) is 19.6 Å². The molecule has 3 aliphatic rings. The zero-order chi connectivity index (χ0) is 12.4. The van der Waals surface area contributed by atoms with Crippen molar-refractivity contribution in [3.05, 3.63) is 0 Å². The van der Waals surface area contributed by atoms with Crippen LogP contribution in [0.1, 0.15) is 58.3 Å². The Morgan fingerprint density at radius 3 is 2.28 bits per heavy atom. The van der Waals surface area contributed by atoms with Gasteiger partial charge in [0.2, 0.25) is 0 Å². The molecule has 2 aliphatic carbocycles. The van der Waals surface area contributed by atoms with Crippen LogP contribution in [0.3, 0.4) is 0 Å². The topological polar surface area (TPSA) is 15.3 Å². The van der Waals surface area contributed by atoms with Gasteiger partial charge in [0.25, 0.3) is 0 Å². The number of nitrogens with zero attached hydrogens (tertiary/aromatic N) is 1. The van der Waals surface area contributed by atoms with Crippen LogP contribution >= 0.6 is 0 Å². The van der Waals surface area contributed by atoms with E-state index in [-0.39, 0.29) is 0 Å². The summed E-state index contributed by atoms with van der Waals surface area (Å²) in [5.41, 5.74) is 0. The summed E-state index contributed by atoms with van der Waals surface area (Å²) in [5, 5.41) is 3.79. The molecule has 0 aromatic carbocycles. The van der Waals surface area contributed by atoms with Crippen LogP contribution < -0.4 is 5.32 Å². The highest BCUT2D eigenvalue weighted by Gasteiger charge is 2.31. The molecule has 2 atom stereocenters. The molecule has 0 bridgehead atoms. The van der Waals surface area contributed by atoms with Crippen molar-refractivity contribution in [2.24, 2.45) is 11.8 Å². The molecule has 1 N–H and O–H groups in total. The van der Waals surface area contributed by atoms with E-state index in [1.807, 2.05) is 0 Å². The second-order valence-electron chi connectivity index (χ2n) is 6.90. The molecule has 1 aliphatic heterocycles. The number of nitrogens with one attached hydrogen (secondary N) is 1. The fourth-order valence-electron chi connectivity index (χ4n) is 3.88. The summed E-state index contributed by atoms with van der Waals surface area (Å²) in [5.74, 6) is 2.06.